The van der Waals surface area contributed by atoms with Crippen molar-refractivity contribution in [3.63, 3.8) is 0 Å². The third-order valence-corrected chi connectivity index (χ3v) is 4.17. The van der Waals surface area contributed by atoms with Crippen molar-refractivity contribution in [1.29, 1.82) is 0 Å². The van der Waals surface area contributed by atoms with Crippen LogP contribution in [0.1, 0.15) is 50.7 Å². The van der Waals surface area contributed by atoms with Crippen molar-refractivity contribution in [2.45, 2.75) is 45.1 Å². The number of aliphatic hydroxyl groups is 1. The van der Waals surface area contributed by atoms with Crippen molar-refractivity contribution >= 4 is 15.9 Å². The topological polar surface area (TPSA) is 29.5 Å². The SMILES string of the molecule is C[C@H](O)c1cc(Br)ccc1OCCC1CCCC1. The third kappa shape index (κ3) is 3.72. The van der Waals surface area contributed by atoms with Crippen LogP contribution in [0.25, 0.3) is 0 Å². The molecule has 0 bridgehead atoms. The van der Waals surface area contributed by atoms with Crippen LogP contribution in [-0.4, -0.2) is 11.7 Å². The van der Waals surface area contributed by atoms with Crippen LogP contribution in [0.5, 0.6) is 5.75 Å². The highest BCUT2D eigenvalue weighted by molar-refractivity contribution is 9.10. The van der Waals surface area contributed by atoms with Crippen LogP contribution in [0, 0.1) is 5.92 Å². The lowest BCUT2D eigenvalue weighted by molar-refractivity contribution is 0.189. The van der Waals surface area contributed by atoms with Gasteiger partial charge in [0.15, 0.2) is 0 Å². The van der Waals surface area contributed by atoms with E-state index < -0.39 is 6.10 Å². The first-order chi connectivity index (χ1) is 8.66. The van der Waals surface area contributed by atoms with Gasteiger partial charge in [0, 0.05) is 10.0 Å². The van der Waals surface area contributed by atoms with Crippen LogP contribution in [0.15, 0.2) is 22.7 Å². The van der Waals surface area contributed by atoms with Gasteiger partial charge in [-0.3, -0.25) is 0 Å². The fourth-order valence-electron chi connectivity index (χ4n) is 2.61. The molecule has 100 valence electrons. The predicted octanol–water partition coefficient (Wildman–Crippen LogP) is 4.46. The fourth-order valence-corrected chi connectivity index (χ4v) is 2.99. The maximum absolute atomic E-state index is 9.74. The monoisotopic (exact) mass is 312 g/mol. The summed E-state index contributed by atoms with van der Waals surface area (Å²) < 4.78 is 6.81. The van der Waals surface area contributed by atoms with Gasteiger partial charge in [-0.2, -0.15) is 0 Å². The van der Waals surface area contributed by atoms with Gasteiger partial charge in [-0.15, -0.1) is 0 Å². The molecule has 0 spiro atoms. The van der Waals surface area contributed by atoms with Gasteiger partial charge in [-0.1, -0.05) is 41.6 Å². The summed E-state index contributed by atoms with van der Waals surface area (Å²) >= 11 is 3.42. The Morgan fingerprint density at radius 3 is 2.78 bits per heavy atom. The molecule has 2 rings (SSSR count). The molecule has 1 saturated carbocycles. The van der Waals surface area contributed by atoms with Crippen molar-refractivity contribution in [2.75, 3.05) is 6.61 Å². The van der Waals surface area contributed by atoms with E-state index >= 15 is 0 Å². The molecule has 1 aliphatic carbocycles. The lowest BCUT2D eigenvalue weighted by Gasteiger charge is -2.15. The zero-order chi connectivity index (χ0) is 13.0. The summed E-state index contributed by atoms with van der Waals surface area (Å²) in [4.78, 5) is 0. The minimum absolute atomic E-state index is 0.496. The number of rotatable bonds is 5. The first kappa shape index (κ1) is 13.9. The maximum atomic E-state index is 9.74. The van der Waals surface area contributed by atoms with Gasteiger partial charge in [0.2, 0.25) is 0 Å². The van der Waals surface area contributed by atoms with E-state index in [0.717, 1.165) is 34.7 Å². The Labute approximate surface area is 117 Å². The third-order valence-electron chi connectivity index (χ3n) is 3.68. The quantitative estimate of drug-likeness (QED) is 0.869. The molecular weight excluding hydrogens is 292 g/mol. The summed E-state index contributed by atoms with van der Waals surface area (Å²) in [5.41, 5.74) is 0.857. The van der Waals surface area contributed by atoms with E-state index in [4.69, 9.17) is 4.74 Å². The molecule has 1 atom stereocenters. The van der Waals surface area contributed by atoms with Gasteiger partial charge in [-0.25, -0.2) is 0 Å². The molecule has 18 heavy (non-hydrogen) atoms. The van der Waals surface area contributed by atoms with Crippen molar-refractivity contribution in [1.82, 2.24) is 0 Å². The number of hydrogen-bond donors (Lipinski definition) is 1. The van der Waals surface area contributed by atoms with Crippen LogP contribution in [0.3, 0.4) is 0 Å². The van der Waals surface area contributed by atoms with Crippen molar-refractivity contribution < 1.29 is 9.84 Å². The number of hydrogen-bond acceptors (Lipinski definition) is 2. The summed E-state index contributed by atoms with van der Waals surface area (Å²) in [6.45, 7) is 2.53. The minimum atomic E-state index is -0.496. The van der Waals surface area contributed by atoms with Gasteiger partial charge in [0.05, 0.1) is 12.7 Å². The predicted molar refractivity (Wildman–Crippen MR) is 76.8 cm³/mol. The first-order valence-corrected chi connectivity index (χ1v) is 7.56. The zero-order valence-electron chi connectivity index (χ0n) is 10.9. The molecule has 1 fully saturated rings. The van der Waals surface area contributed by atoms with Gasteiger partial charge < -0.3 is 9.84 Å². The molecule has 2 nitrogen and oxygen atoms in total. The summed E-state index contributed by atoms with van der Waals surface area (Å²) in [6, 6.07) is 5.81. The molecule has 1 aliphatic rings. The van der Waals surface area contributed by atoms with E-state index in [1.807, 2.05) is 18.2 Å². The molecule has 1 aromatic carbocycles. The van der Waals surface area contributed by atoms with Crippen molar-refractivity contribution in [3.05, 3.63) is 28.2 Å². The van der Waals surface area contributed by atoms with Gasteiger partial charge in [-0.05, 0) is 37.5 Å². The second-order valence-electron chi connectivity index (χ2n) is 5.15. The lowest BCUT2D eigenvalue weighted by Crippen LogP contribution is -2.06. The number of aliphatic hydroxyl groups excluding tert-OH is 1. The molecule has 1 aromatic rings. The Morgan fingerprint density at radius 2 is 2.11 bits per heavy atom. The second kappa shape index (κ2) is 6.58. The van der Waals surface area contributed by atoms with E-state index in [9.17, 15) is 5.11 Å². The number of benzene rings is 1. The van der Waals surface area contributed by atoms with Crippen LogP contribution < -0.4 is 4.74 Å². The molecular formula is C15H21BrO2. The van der Waals surface area contributed by atoms with E-state index in [1.54, 1.807) is 6.92 Å². The minimum Gasteiger partial charge on any atom is -0.493 e. The van der Waals surface area contributed by atoms with Crippen LogP contribution in [0.4, 0.5) is 0 Å². The van der Waals surface area contributed by atoms with E-state index in [0.29, 0.717) is 0 Å². The van der Waals surface area contributed by atoms with Crippen LogP contribution >= 0.6 is 15.9 Å². The largest absolute Gasteiger partial charge is 0.493 e. The second-order valence-corrected chi connectivity index (χ2v) is 6.06. The highest BCUT2D eigenvalue weighted by Gasteiger charge is 2.15. The van der Waals surface area contributed by atoms with Crippen molar-refractivity contribution in [2.24, 2.45) is 5.92 Å². The Kier molecular flexibility index (Phi) is 5.07. The molecule has 0 radical (unpaired) electrons. The molecule has 0 aromatic heterocycles. The van der Waals surface area contributed by atoms with Crippen molar-refractivity contribution in [3.8, 4) is 5.75 Å². The number of ether oxygens (including phenoxy) is 1. The van der Waals surface area contributed by atoms with E-state index in [2.05, 4.69) is 15.9 Å². The fraction of sp³-hybridized carbons (Fsp3) is 0.600. The van der Waals surface area contributed by atoms with Gasteiger partial charge >= 0.3 is 0 Å². The van der Waals surface area contributed by atoms with Crippen LogP contribution in [-0.2, 0) is 0 Å². The Balaban J connectivity index is 1.91. The average molecular weight is 313 g/mol. The Hall–Kier alpha value is -0.540. The summed E-state index contributed by atoms with van der Waals surface area (Å²) in [6.07, 6.45) is 6.10. The Morgan fingerprint density at radius 1 is 1.39 bits per heavy atom. The molecule has 0 saturated heterocycles. The van der Waals surface area contributed by atoms with Gasteiger partial charge in [0.1, 0.15) is 5.75 Å². The van der Waals surface area contributed by atoms with Crippen LogP contribution in [0.2, 0.25) is 0 Å². The zero-order valence-corrected chi connectivity index (χ0v) is 12.4. The van der Waals surface area contributed by atoms with Gasteiger partial charge in [0.25, 0.3) is 0 Å². The van der Waals surface area contributed by atoms with E-state index in [1.165, 1.54) is 25.7 Å². The average Bonchev–Trinajstić information content (AvgIpc) is 2.84. The maximum Gasteiger partial charge on any atom is 0.125 e. The first-order valence-electron chi connectivity index (χ1n) is 6.77. The molecule has 0 unspecified atom stereocenters. The molecule has 0 amide bonds. The normalized spacial score (nSPS) is 17.9. The Bertz CT molecular complexity index is 384. The number of halogens is 1. The highest BCUT2D eigenvalue weighted by Crippen LogP contribution is 2.30. The molecule has 1 N–H and O–H groups in total. The summed E-state index contributed by atoms with van der Waals surface area (Å²) in [5.74, 6) is 1.65. The summed E-state index contributed by atoms with van der Waals surface area (Å²) in [7, 11) is 0. The molecule has 0 heterocycles. The summed E-state index contributed by atoms with van der Waals surface area (Å²) in [5, 5.41) is 9.74. The molecule has 3 heteroatoms. The molecule has 0 aliphatic heterocycles. The highest BCUT2D eigenvalue weighted by atomic mass is 79.9. The van der Waals surface area contributed by atoms with E-state index in [-0.39, 0.29) is 0 Å². The standard InChI is InChI=1S/C15H21BrO2/c1-11(17)14-10-13(16)6-7-15(14)18-9-8-12-4-2-3-5-12/h6-7,10-12,17H,2-5,8-9H2,1H3/t11-/m0/s1. The lowest BCUT2D eigenvalue weighted by atomic mass is 10.1. The smallest absolute Gasteiger partial charge is 0.125 e.